The predicted molar refractivity (Wildman–Crippen MR) is 81.6 cm³/mol. The maximum Gasteiger partial charge on any atom is 0.416 e. The third-order valence-electron chi connectivity index (χ3n) is 3.74. The molecule has 0 aromatic heterocycles. The second-order valence-electron chi connectivity index (χ2n) is 5.36. The molecule has 0 aliphatic carbocycles. The maximum absolute atomic E-state index is 12.7. The van der Waals surface area contributed by atoms with Crippen molar-refractivity contribution in [3.05, 3.63) is 35.4 Å². The monoisotopic (exact) mass is 364 g/mol. The molecular weight excluding hydrogens is 345 g/mol. The summed E-state index contributed by atoms with van der Waals surface area (Å²) in [4.78, 5) is 4.63. The van der Waals surface area contributed by atoms with Gasteiger partial charge in [0.05, 0.1) is 5.56 Å². The second-order valence-corrected chi connectivity index (χ2v) is 6.15. The highest BCUT2D eigenvalue weighted by Crippen LogP contribution is 2.29. The van der Waals surface area contributed by atoms with Gasteiger partial charge in [0.25, 0.3) is 0 Å². The number of benzene rings is 1. The van der Waals surface area contributed by atoms with E-state index in [2.05, 4.69) is 25.7 Å². The molecule has 1 heterocycles. The molecule has 2 rings (SSSR count). The van der Waals surface area contributed by atoms with Crippen molar-refractivity contribution in [3.63, 3.8) is 0 Å². The summed E-state index contributed by atoms with van der Waals surface area (Å²) in [5, 5.41) is 0.959. The summed E-state index contributed by atoms with van der Waals surface area (Å²) in [6.45, 7) is 5.50. The van der Waals surface area contributed by atoms with Crippen LogP contribution in [0.2, 0.25) is 0 Å². The van der Waals surface area contributed by atoms with Crippen LogP contribution in [-0.2, 0) is 12.7 Å². The Kier molecular flexibility index (Phi) is 6.08. The van der Waals surface area contributed by atoms with E-state index in [0.717, 1.165) is 56.1 Å². The zero-order chi connectivity index (χ0) is 15.3. The van der Waals surface area contributed by atoms with Crippen LogP contribution in [-0.4, -0.2) is 47.9 Å². The maximum atomic E-state index is 12.7. The topological polar surface area (TPSA) is 6.48 Å². The van der Waals surface area contributed by atoms with Gasteiger partial charge in [-0.05, 0) is 31.1 Å². The second kappa shape index (κ2) is 7.61. The SMILES string of the molecule is FC(F)(F)c1cccc(CN2CCCN(CCBr)CC2)c1. The van der Waals surface area contributed by atoms with E-state index in [4.69, 9.17) is 0 Å². The van der Waals surface area contributed by atoms with E-state index in [1.807, 2.05) is 0 Å². The van der Waals surface area contributed by atoms with E-state index in [-0.39, 0.29) is 0 Å². The molecule has 2 nitrogen and oxygen atoms in total. The van der Waals surface area contributed by atoms with E-state index in [1.54, 1.807) is 6.07 Å². The first-order valence-corrected chi connectivity index (χ1v) is 8.28. The van der Waals surface area contributed by atoms with Crippen molar-refractivity contribution in [2.75, 3.05) is 38.1 Å². The first-order valence-electron chi connectivity index (χ1n) is 7.16. The van der Waals surface area contributed by atoms with E-state index in [0.29, 0.717) is 6.54 Å². The van der Waals surface area contributed by atoms with Crippen molar-refractivity contribution < 1.29 is 13.2 Å². The fourth-order valence-corrected chi connectivity index (χ4v) is 3.13. The van der Waals surface area contributed by atoms with E-state index >= 15 is 0 Å². The molecule has 1 aromatic carbocycles. The van der Waals surface area contributed by atoms with Gasteiger partial charge in [0.2, 0.25) is 0 Å². The van der Waals surface area contributed by atoms with Crippen LogP contribution in [0.3, 0.4) is 0 Å². The molecule has 118 valence electrons. The summed E-state index contributed by atoms with van der Waals surface area (Å²) in [6, 6.07) is 5.66. The van der Waals surface area contributed by atoms with Crippen LogP contribution in [0.25, 0.3) is 0 Å². The van der Waals surface area contributed by atoms with Crippen LogP contribution in [0.4, 0.5) is 13.2 Å². The standard InChI is InChI=1S/C15H20BrF3N2/c16-5-8-20-6-2-7-21(10-9-20)12-13-3-1-4-14(11-13)15(17,18)19/h1,3-4,11H,2,5-10,12H2. The molecule has 0 spiro atoms. The predicted octanol–water partition coefficient (Wildman–Crippen LogP) is 3.61. The van der Waals surface area contributed by atoms with Gasteiger partial charge in [-0.15, -0.1) is 0 Å². The quantitative estimate of drug-likeness (QED) is 0.753. The molecule has 0 N–H and O–H groups in total. The Bertz CT molecular complexity index is 451. The molecule has 1 fully saturated rings. The largest absolute Gasteiger partial charge is 0.416 e. The Hall–Kier alpha value is -0.590. The lowest BCUT2D eigenvalue weighted by molar-refractivity contribution is -0.137. The van der Waals surface area contributed by atoms with Crippen molar-refractivity contribution in [1.82, 2.24) is 9.80 Å². The van der Waals surface area contributed by atoms with Crippen LogP contribution in [0.1, 0.15) is 17.5 Å². The molecule has 0 unspecified atom stereocenters. The van der Waals surface area contributed by atoms with E-state index in [9.17, 15) is 13.2 Å². The van der Waals surface area contributed by atoms with Gasteiger partial charge in [0.15, 0.2) is 0 Å². The fourth-order valence-electron chi connectivity index (χ4n) is 2.63. The zero-order valence-corrected chi connectivity index (χ0v) is 13.5. The Morgan fingerprint density at radius 2 is 1.76 bits per heavy atom. The smallest absolute Gasteiger partial charge is 0.301 e. The highest BCUT2D eigenvalue weighted by molar-refractivity contribution is 9.09. The zero-order valence-electron chi connectivity index (χ0n) is 11.9. The molecule has 0 saturated carbocycles. The van der Waals surface area contributed by atoms with Gasteiger partial charge in [-0.1, -0.05) is 34.1 Å². The van der Waals surface area contributed by atoms with E-state index in [1.165, 1.54) is 12.1 Å². The molecular formula is C15H20BrF3N2. The number of hydrogen-bond donors (Lipinski definition) is 0. The Morgan fingerprint density at radius 1 is 1.05 bits per heavy atom. The molecule has 1 aliphatic rings. The third-order valence-corrected chi connectivity index (χ3v) is 4.10. The summed E-state index contributed by atoms with van der Waals surface area (Å²) in [5.41, 5.74) is 0.175. The van der Waals surface area contributed by atoms with Gasteiger partial charge in [-0.25, -0.2) is 0 Å². The highest BCUT2D eigenvalue weighted by atomic mass is 79.9. The molecule has 0 amide bonds. The van der Waals surface area contributed by atoms with Gasteiger partial charge in [0.1, 0.15) is 0 Å². The summed E-state index contributed by atoms with van der Waals surface area (Å²) < 4.78 is 38.2. The third kappa shape index (κ3) is 5.27. The number of alkyl halides is 4. The van der Waals surface area contributed by atoms with E-state index < -0.39 is 11.7 Å². The molecule has 1 saturated heterocycles. The summed E-state index contributed by atoms with van der Waals surface area (Å²) >= 11 is 3.44. The molecule has 1 aromatic rings. The van der Waals surface area contributed by atoms with Crippen LogP contribution < -0.4 is 0 Å². The molecule has 0 radical (unpaired) electrons. The first-order chi connectivity index (χ1) is 9.99. The van der Waals surface area contributed by atoms with Gasteiger partial charge >= 0.3 is 6.18 Å². The average molecular weight is 365 g/mol. The van der Waals surface area contributed by atoms with Gasteiger partial charge in [0, 0.05) is 31.5 Å². The summed E-state index contributed by atoms with van der Waals surface area (Å²) in [5.74, 6) is 0. The van der Waals surface area contributed by atoms with Crippen molar-refractivity contribution in [1.29, 1.82) is 0 Å². The highest BCUT2D eigenvalue weighted by Gasteiger charge is 2.30. The molecule has 1 aliphatic heterocycles. The van der Waals surface area contributed by atoms with Gasteiger partial charge in [-0.3, -0.25) is 4.90 Å². The number of rotatable bonds is 4. The first kappa shape index (κ1) is 16.8. The minimum atomic E-state index is -4.26. The van der Waals surface area contributed by atoms with Crippen LogP contribution in [0.15, 0.2) is 24.3 Å². The lowest BCUT2D eigenvalue weighted by Gasteiger charge is -2.21. The van der Waals surface area contributed by atoms with Crippen molar-refractivity contribution in [3.8, 4) is 0 Å². The Balaban J connectivity index is 1.95. The van der Waals surface area contributed by atoms with Crippen molar-refractivity contribution in [2.45, 2.75) is 19.1 Å². The summed E-state index contributed by atoms with van der Waals surface area (Å²) in [7, 11) is 0. The summed E-state index contributed by atoms with van der Waals surface area (Å²) in [6.07, 6.45) is -3.20. The van der Waals surface area contributed by atoms with Crippen molar-refractivity contribution in [2.24, 2.45) is 0 Å². The van der Waals surface area contributed by atoms with Crippen molar-refractivity contribution >= 4 is 15.9 Å². The fraction of sp³-hybridized carbons (Fsp3) is 0.600. The van der Waals surface area contributed by atoms with Gasteiger partial charge in [-0.2, -0.15) is 13.2 Å². The van der Waals surface area contributed by atoms with Crippen LogP contribution in [0, 0.1) is 0 Å². The average Bonchev–Trinajstić information content (AvgIpc) is 2.64. The molecule has 0 atom stereocenters. The number of hydrogen-bond acceptors (Lipinski definition) is 2. The molecule has 6 heteroatoms. The normalized spacial score (nSPS) is 18.7. The Morgan fingerprint density at radius 3 is 2.48 bits per heavy atom. The van der Waals surface area contributed by atoms with Gasteiger partial charge < -0.3 is 4.90 Å². The minimum Gasteiger partial charge on any atom is -0.301 e. The Labute approximate surface area is 132 Å². The number of nitrogens with zero attached hydrogens (tertiary/aromatic N) is 2. The lowest BCUT2D eigenvalue weighted by Crippen LogP contribution is -2.31. The molecule has 0 bridgehead atoms. The molecule has 21 heavy (non-hydrogen) atoms. The van der Waals surface area contributed by atoms with Crippen LogP contribution in [0.5, 0.6) is 0 Å². The lowest BCUT2D eigenvalue weighted by atomic mass is 10.1. The van der Waals surface area contributed by atoms with Crippen LogP contribution >= 0.6 is 15.9 Å². The number of halogens is 4. The minimum absolute atomic E-state index is 0.560.